The second-order valence-electron chi connectivity index (χ2n) is 5.50. The molecule has 19 heavy (non-hydrogen) atoms. The van der Waals surface area contributed by atoms with E-state index < -0.39 is 0 Å². The molecule has 0 unspecified atom stereocenters. The summed E-state index contributed by atoms with van der Waals surface area (Å²) in [5, 5.41) is 13.4. The van der Waals surface area contributed by atoms with Gasteiger partial charge < -0.3 is 9.63 Å². The molecule has 0 atom stereocenters. The zero-order valence-electron chi connectivity index (χ0n) is 12.2. The molecule has 4 nitrogen and oxygen atoms in total. The Hall–Kier alpha value is -0.870. The van der Waals surface area contributed by atoms with E-state index in [0.717, 1.165) is 31.0 Å². The molecule has 0 radical (unpaired) electrons. The molecule has 1 heterocycles. The molecule has 0 amide bonds. The third-order valence-electron chi connectivity index (χ3n) is 4.24. The summed E-state index contributed by atoms with van der Waals surface area (Å²) in [6.07, 6.45) is 7.41. The lowest BCUT2D eigenvalue weighted by Gasteiger charge is -2.33. The summed E-state index contributed by atoms with van der Waals surface area (Å²) in [5.74, 6) is 0.926. The predicted molar refractivity (Wildman–Crippen MR) is 75.0 cm³/mol. The van der Waals surface area contributed by atoms with Gasteiger partial charge in [-0.1, -0.05) is 31.3 Å². The number of rotatable bonds is 6. The van der Waals surface area contributed by atoms with Crippen molar-refractivity contribution in [1.82, 2.24) is 10.1 Å². The number of aliphatic hydroxyl groups excluding tert-OH is 1. The lowest BCUT2D eigenvalue weighted by atomic mass is 9.93. The minimum absolute atomic E-state index is 0.224. The summed E-state index contributed by atoms with van der Waals surface area (Å²) < 4.78 is 5.31. The summed E-state index contributed by atoms with van der Waals surface area (Å²) in [5.41, 5.74) is 2.29. The number of hydrogen-bond donors (Lipinski definition) is 1. The molecule has 2 rings (SSSR count). The molecule has 1 aliphatic rings. The Bertz CT molecular complexity index is 383. The number of aromatic nitrogens is 1. The van der Waals surface area contributed by atoms with Gasteiger partial charge in [-0.3, -0.25) is 4.90 Å². The number of aryl methyl sites for hydroxylation is 2. The van der Waals surface area contributed by atoms with Crippen LogP contribution in [-0.4, -0.2) is 34.4 Å². The first kappa shape index (κ1) is 14.5. The maximum Gasteiger partial charge on any atom is 0.138 e. The maximum absolute atomic E-state index is 9.31. The highest BCUT2D eigenvalue weighted by atomic mass is 16.5. The van der Waals surface area contributed by atoms with Crippen molar-refractivity contribution in [2.45, 2.75) is 65.0 Å². The van der Waals surface area contributed by atoms with Crippen molar-refractivity contribution in [2.75, 3.05) is 13.2 Å². The highest BCUT2D eigenvalue weighted by molar-refractivity contribution is 5.22. The van der Waals surface area contributed by atoms with Crippen molar-refractivity contribution in [3.8, 4) is 0 Å². The third kappa shape index (κ3) is 3.57. The van der Waals surface area contributed by atoms with E-state index in [1.807, 2.05) is 6.92 Å². The van der Waals surface area contributed by atoms with Gasteiger partial charge in [-0.25, -0.2) is 0 Å². The largest absolute Gasteiger partial charge is 0.395 e. The average Bonchev–Trinajstić information content (AvgIpc) is 2.80. The molecule has 1 fully saturated rings. The smallest absolute Gasteiger partial charge is 0.138 e. The fraction of sp³-hybridized carbons (Fsp3) is 0.800. The van der Waals surface area contributed by atoms with Crippen LogP contribution in [0.5, 0.6) is 0 Å². The Morgan fingerprint density at radius 1 is 1.32 bits per heavy atom. The van der Waals surface area contributed by atoms with Crippen LogP contribution in [-0.2, 0) is 13.0 Å². The molecule has 0 spiro atoms. The summed E-state index contributed by atoms with van der Waals surface area (Å²) in [6.45, 7) is 5.93. The zero-order chi connectivity index (χ0) is 13.7. The first-order valence-corrected chi connectivity index (χ1v) is 7.55. The van der Waals surface area contributed by atoms with Crippen LogP contribution >= 0.6 is 0 Å². The highest BCUT2D eigenvalue weighted by Gasteiger charge is 2.23. The van der Waals surface area contributed by atoms with Gasteiger partial charge in [0.25, 0.3) is 0 Å². The molecule has 1 saturated carbocycles. The fourth-order valence-electron chi connectivity index (χ4n) is 3.09. The van der Waals surface area contributed by atoms with Crippen LogP contribution in [0.2, 0.25) is 0 Å². The lowest BCUT2D eigenvalue weighted by Crippen LogP contribution is -2.38. The molecule has 1 aliphatic carbocycles. The van der Waals surface area contributed by atoms with Gasteiger partial charge in [0.1, 0.15) is 5.76 Å². The minimum atomic E-state index is 0.224. The molecular formula is C15H26N2O2. The molecular weight excluding hydrogens is 240 g/mol. The number of hydrogen-bond acceptors (Lipinski definition) is 4. The third-order valence-corrected chi connectivity index (χ3v) is 4.24. The molecule has 1 aromatic heterocycles. The summed E-state index contributed by atoms with van der Waals surface area (Å²) in [6, 6.07) is 0.611. The van der Waals surface area contributed by atoms with Crippen molar-refractivity contribution in [3.05, 3.63) is 17.0 Å². The summed E-state index contributed by atoms with van der Waals surface area (Å²) in [7, 11) is 0. The Morgan fingerprint density at radius 2 is 2.05 bits per heavy atom. The second-order valence-corrected chi connectivity index (χ2v) is 5.50. The van der Waals surface area contributed by atoms with Gasteiger partial charge in [-0.05, 0) is 26.2 Å². The van der Waals surface area contributed by atoms with E-state index in [4.69, 9.17) is 4.52 Å². The van der Waals surface area contributed by atoms with Crippen LogP contribution in [0.4, 0.5) is 0 Å². The Balaban J connectivity index is 2.08. The normalized spacial score (nSPS) is 17.3. The van der Waals surface area contributed by atoms with E-state index in [9.17, 15) is 5.11 Å². The van der Waals surface area contributed by atoms with Gasteiger partial charge >= 0.3 is 0 Å². The molecule has 108 valence electrons. The van der Waals surface area contributed by atoms with Gasteiger partial charge in [0, 0.05) is 24.7 Å². The fourth-order valence-corrected chi connectivity index (χ4v) is 3.09. The predicted octanol–water partition coefficient (Wildman–Crippen LogP) is 2.67. The summed E-state index contributed by atoms with van der Waals surface area (Å²) in [4.78, 5) is 2.41. The van der Waals surface area contributed by atoms with Crippen LogP contribution in [0.25, 0.3) is 0 Å². The topological polar surface area (TPSA) is 49.5 Å². The van der Waals surface area contributed by atoms with Crippen molar-refractivity contribution in [1.29, 1.82) is 0 Å². The second kappa shape index (κ2) is 7.06. The van der Waals surface area contributed by atoms with Gasteiger partial charge in [0.15, 0.2) is 0 Å². The number of aliphatic hydroxyl groups is 1. The van der Waals surface area contributed by atoms with Crippen LogP contribution < -0.4 is 0 Å². The number of nitrogens with zero attached hydrogens (tertiary/aromatic N) is 2. The Morgan fingerprint density at radius 3 is 2.68 bits per heavy atom. The Labute approximate surface area is 115 Å². The van der Waals surface area contributed by atoms with Crippen molar-refractivity contribution in [3.63, 3.8) is 0 Å². The zero-order valence-corrected chi connectivity index (χ0v) is 12.2. The monoisotopic (exact) mass is 266 g/mol. The first-order chi connectivity index (χ1) is 9.26. The SMILES string of the molecule is CCc1noc(C)c1CN(CCO)C1CCCCC1. The van der Waals surface area contributed by atoms with E-state index in [0.29, 0.717) is 6.04 Å². The van der Waals surface area contributed by atoms with E-state index in [1.165, 1.54) is 37.7 Å². The summed E-state index contributed by atoms with van der Waals surface area (Å²) >= 11 is 0. The quantitative estimate of drug-likeness (QED) is 0.860. The van der Waals surface area contributed by atoms with Crippen molar-refractivity contribution in [2.24, 2.45) is 0 Å². The first-order valence-electron chi connectivity index (χ1n) is 7.55. The van der Waals surface area contributed by atoms with Gasteiger partial charge in [0.2, 0.25) is 0 Å². The van der Waals surface area contributed by atoms with E-state index in [1.54, 1.807) is 0 Å². The van der Waals surface area contributed by atoms with Crippen LogP contribution in [0.15, 0.2) is 4.52 Å². The highest BCUT2D eigenvalue weighted by Crippen LogP contribution is 2.25. The minimum Gasteiger partial charge on any atom is -0.395 e. The Kier molecular flexibility index (Phi) is 5.40. The van der Waals surface area contributed by atoms with Crippen molar-refractivity contribution < 1.29 is 9.63 Å². The van der Waals surface area contributed by atoms with E-state index >= 15 is 0 Å². The van der Waals surface area contributed by atoms with Crippen LogP contribution in [0.1, 0.15) is 56.0 Å². The molecule has 1 N–H and O–H groups in total. The van der Waals surface area contributed by atoms with E-state index in [2.05, 4.69) is 17.0 Å². The van der Waals surface area contributed by atoms with Gasteiger partial charge in [-0.2, -0.15) is 0 Å². The molecule has 0 saturated heterocycles. The molecule has 0 bridgehead atoms. The van der Waals surface area contributed by atoms with Crippen LogP contribution in [0.3, 0.4) is 0 Å². The molecule has 4 heteroatoms. The van der Waals surface area contributed by atoms with Crippen molar-refractivity contribution >= 4 is 0 Å². The van der Waals surface area contributed by atoms with Gasteiger partial charge in [0.05, 0.1) is 12.3 Å². The van der Waals surface area contributed by atoms with Gasteiger partial charge in [-0.15, -0.1) is 0 Å². The van der Waals surface area contributed by atoms with Crippen LogP contribution in [0, 0.1) is 6.92 Å². The lowest BCUT2D eigenvalue weighted by molar-refractivity contribution is 0.116. The standard InChI is InChI=1S/C15H26N2O2/c1-3-15-14(12(2)19-16-15)11-17(9-10-18)13-7-5-4-6-8-13/h13,18H,3-11H2,1-2H3. The molecule has 1 aromatic rings. The average molecular weight is 266 g/mol. The molecule has 0 aliphatic heterocycles. The molecule has 0 aromatic carbocycles. The maximum atomic E-state index is 9.31. The van der Waals surface area contributed by atoms with E-state index in [-0.39, 0.29) is 6.61 Å².